The van der Waals surface area contributed by atoms with Crippen LogP contribution in [0.4, 0.5) is 4.39 Å². The van der Waals surface area contributed by atoms with Crippen LogP contribution in [0.2, 0.25) is 0 Å². The van der Waals surface area contributed by atoms with Crippen molar-refractivity contribution < 1.29 is 13.7 Å². The molecular formula is C21H22FN3O2. The number of benzene rings is 2. The highest BCUT2D eigenvalue weighted by molar-refractivity contribution is 5.55. The predicted molar refractivity (Wildman–Crippen MR) is 99.8 cm³/mol. The third-order valence-electron chi connectivity index (χ3n) is 4.71. The van der Waals surface area contributed by atoms with Crippen molar-refractivity contribution in [2.24, 2.45) is 0 Å². The Morgan fingerprint density at radius 1 is 1.22 bits per heavy atom. The maximum atomic E-state index is 13.3. The SMILES string of the molecule is CCc1nc(-c2ccc(OC3CCN(Cc4cccc(F)c4)C3)cc2)no1. The first kappa shape index (κ1) is 17.7. The average Bonchev–Trinajstić information content (AvgIpc) is 3.32. The first-order valence-corrected chi connectivity index (χ1v) is 9.26. The lowest BCUT2D eigenvalue weighted by Crippen LogP contribution is -2.24. The number of nitrogens with zero attached hydrogens (tertiary/aromatic N) is 3. The maximum Gasteiger partial charge on any atom is 0.226 e. The van der Waals surface area contributed by atoms with Crippen LogP contribution in [0.15, 0.2) is 53.1 Å². The number of hydrogen-bond donors (Lipinski definition) is 0. The van der Waals surface area contributed by atoms with Gasteiger partial charge in [-0.2, -0.15) is 4.98 Å². The monoisotopic (exact) mass is 367 g/mol. The third kappa shape index (κ3) is 4.34. The summed E-state index contributed by atoms with van der Waals surface area (Å²) in [5.74, 6) is 1.87. The van der Waals surface area contributed by atoms with Crippen LogP contribution < -0.4 is 4.74 Å². The van der Waals surface area contributed by atoms with E-state index >= 15 is 0 Å². The minimum absolute atomic E-state index is 0.140. The van der Waals surface area contributed by atoms with E-state index in [1.165, 1.54) is 6.07 Å². The average molecular weight is 367 g/mol. The predicted octanol–water partition coefficient (Wildman–Crippen LogP) is 4.09. The molecule has 140 valence electrons. The van der Waals surface area contributed by atoms with Crippen molar-refractivity contribution in [1.29, 1.82) is 0 Å². The summed E-state index contributed by atoms with van der Waals surface area (Å²) in [6, 6.07) is 14.5. The molecule has 0 N–H and O–H groups in total. The van der Waals surface area contributed by atoms with Crippen LogP contribution in [0.3, 0.4) is 0 Å². The summed E-state index contributed by atoms with van der Waals surface area (Å²) in [5.41, 5.74) is 1.90. The number of hydrogen-bond acceptors (Lipinski definition) is 5. The minimum atomic E-state index is -0.188. The number of rotatable bonds is 6. The van der Waals surface area contributed by atoms with Gasteiger partial charge in [-0.25, -0.2) is 4.39 Å². The highest BCUT2D eigenvalue weighted by atomic mass is 19.1. The summed E-state index contributed by atoms with van der Waals surface area (Å²) in [6.07, 6.45) is 1.82. The maximum absolute atomic E-state index is 13.3. The quantitative estimate of drug-likeness (QED) is 0.657. The fourth-order valence-corrected chi connectivity index (χ4v) is 3.32. The van der Waals surface area contributed by atoms with E-state index in [1.54, 1.807) is 12.1 Å². The van der Waals surface area contributed by atoms with Gasteiger partial charge in [-0.15, -0.1) is 0 Å². The topological polar surface area (TPSA) is 51.4 Å². The molecule has 27 heavy (non-hydrogen) atoms. The molecule has 0 amide bonds. The highest BCUT2D eigenvalue weighted by Crippen LogP contribution is 2.23. The fraction of sp³-hybridized carbons (Fsp3) is 0.333. The third-order valence-corrected chi connectivity index (χ3v) is 4.71. The zero-order valence-corrected chi connectivity index (χ0v) is 15.3. The van der Waals surface area contributed by atoms with Crippen LogP contribution in [-0.2, 0) is 13.0 Å². The number of aromatic nitrogens is 2. The largest absolute Gasteiger partial charge is 0.489 e. The van der Waals surface area contributed by atoms with Gasteiger partial charge in [0, 0.05) is 31.6 Å². The van der Waals surface area contributed by atoms with Gasteiger partial charge in [-0.3, -0.25) is 4.90 Å². The van der Waals surface area contributed by atoms with Crippen LogP contribution in [0, 0.1) is 5.82 Å². The Hall–Kier alpha value is -2.73. The van der Waals surface area contributed by atoms with E-state index in [-0.39, 0.29) is 11.9 Å². The van der Waals surface area contributed by atoms with Gasteiger partial charge in [0.05, 0.1) is 0 Å². The molecule has 1 aromatic heterocycles. The molecule has 2 heterocycles. The Morgan fingerprint density at radius 2 is 2.07 bits per heavy atom. The Kier molecular flexibility index (Phi) is 5.16. The molecule has 0 bridgehead atoms. The molecule has 1 unspecified atom stereocenters. The highest BCUT2D eigenvalue weighted by Gasteiger charge is 2.24. The zero-order valence-electron chi connectivity index (χ0n) is 15.3. The standard InChI is InChI=1S/C21H22FN3O2/c1-2-20-23-21(24-27-20)16-6-8-18(9-7-16)26-19-10-11-25(14-19)13-15-4-3-5-17(22)12-15/h3-9,12,19H,2,10-11,13-14H2,1H3. The van der Waals surface area contributed by atoms with Crippen molar-refractivity contribution in [2.45, 2.75) is 32.4 Å². The van der Waals surface area contributed by atoms with Crippen LogP contribution in [-0.4, -0.2) is 34.2 Å². The number of ether oxygens (including phenoxy) is 1. The second-order valence-electron chi connectivity index (χ2n) is 6.78. The van der Waals surface area contributed by atoms with Gasteiger partial charge in [0.25, 0.3) is 0 Å². The van der Waals surface area contributed by atoms with Crippen molar-refractivity contribution in [3.8, 4) is 17.1 Å². The lowest BCUT2D eigenvalue weighted by molar-refractivity contribution is 0.198. The van der Waals surface area contributed by atoms with Crippen molar-refractivity contribution in [2.75, 3.05) is 13.1 Å². The lowest BCUT2D eigenvalue weighted by Gasteiger charge is -2.17. The summed E-state index contributed by atoms with van der Waals surface area (Å²) in [6.45, 7) is 4.51. The number of likely N-dealkylation sites (tertiary alicyclic amines) is 1. The zero-order chi connectivity index (χ0) is 18.6. The van der Waals surface area contributed by atoms with Gasteiger partial charge < -0.3 is 9.26 Å². The van der Waals surface area contributed by atoms with E-state index in [2.05, 4.69) is 15.0 Å². The van der Waals surface area contributed by atoms with Gasteiger partial charge in [0.15, 0.2) is 0 Å². The molecule has 1 aliphatic heterocycles. The van der Waals surface area contributed by atoms with Crippen molar-refractivity contribution in [3.63, 3.8) is 0 Å². The van der Waals surface area contributed by atoms with E-state index in [0.717, 1.165) is 49.4 Å². The van der Waals surface area contributed by atoms with Crippen LogP contribution >= 0.6 is 0 Å². The molecule has 1 saturated heterocycles. The van der Waals surface area contributed by atoms with E-state index < -0.39 is 0 Å². The van der Waals surface area contributed by atoms with Crippen molar-refractivity contribution in [1.82, 2.24) is 15.0 Å². The van der Waals surface area contributed by atoms with E-state index in [0.29, 0.717) is 11.7 Å². The summed E-state index contributed by atoms with van der Waals surface area (Å²) >= 11 is 0. The second-order valence-corrected chi connectivity index (χ2v) is 6.78. The minimum Gasteiger partial charge on any atom is -0.489 e. The second kappa shape index (κ2) is 7.88. The summed E-state index contributed by atoms with van der Waals surface area (Å²) < 4.78 is 24.6. The van der Waals surface area contributed by atoms with Crippen LogP contribution in [0.5, 0.6) is 5.75 Å². The van der Waals surface area contributed by atoms with Crippen LogP contribution in [0.25, 0.3) is 11.4 Å². The molecule has 0 radical (unpaired) electrons. The molecule has 5 nitrogen and oxygen atoms in total. The summed E-state index contributed by atoms with van der Waals surface area (Å²) in [5, 5.41) is 3.99. The van der Waals surface area contributed by atoms with Crippen molar-refractivity contribution in [3.05, 3.63) is 65.8 Å². The van der Waals surface area contributed by atoms with Gasteiger partial charge >= 0.3 is 0 Å². The molecule has 1 atom stereocenters. The molecule has 1 fully saturated rings. The molecule has 0 aliphatic carbocycles. The summed E-state index contributed by atoms with van der Waals surface area (Å²) in [4.78, 5) is 6.63. The Bertz CT molecular complexity index is 894. The Morgan fingerprint density at radius 3 is 2.81 bits per heavy atom. The first-order valence-electron chi connectivity index (χ1n) is 9.26. The Labute approximate surface area is 157 Å². The molecule has 4 rings (SSSR count). The van der Waals surface area contributed by atoms with Gasteiger partial charge in [-0.05, 0) is 48.4 Å². The first-order chi connectivity index (χ1) is 13.2. The lowest BCUT2D eigenvalue weighted by atomic mass is 10.2. The fourth-order valence-electron chi connectivity index (χ4n) is 3.32. The van der Waals surface area contributed by atoms with Crippen LogP contribution in [0.1, 0.15) is 24.8 Å². The molecule has 0 spiro atoms. The Balaban J connectivity index is 1.33. The molecule has 3 aromatic rings. The van der Waals surface area contributed by atoms with E-state index in [9.17, 15) is 4.39 Å². The number of halogens is 1. The summed E-state index contributed by atoms with van der Waals surface area (Å²) in [7, 11) is 0. The molecule has 2 aromatic carbocycles. The van der Waals surface area contributed by atoms with Gasteiger partial charge in [-0.1, -0.05) is 24.2 Å². The normalized spacial score (nSPS) is 17.3. The smallest absolute Gasteiger partial charge is 0.226 e. The molecular weight excluding hydrogens is 345 g/mol. The van der Waals surface area contributed by atoms with Crippen molar-refractivity contribution >= 4 is 0 Å². The number of aryl methyl sites for hydroxylation is 1. The van der Waals surface area contributed by atoms with E-state index in [1.807, 2.05) is 37.3 Å². The molecule has 6 heteroatoms. The molecule has 1 aliphatic rings. The van der Waals surface area contributed by atoms with Gasteiger partial charge in [0.1, 0.15) is 17.7 Å². The van der Waals surface area contributed by atoms with E-state index in [4.69, 9.17) is 9.26 Å². The molecule has 0 saturated carbocycles. The van der Waals surface area contributed by atoms with Gasteiger partial charge in [0.2, 0.25) is 11.7 Å².